The molecule has 4 aromatic rings. The normalized spacial score (nSPS) is 10.8. The number of carbonyl (C=O) groups excluding carboxylic acids is 1. The van der Waals surface area contributed by atoms with Gasteiger partial charge in [-0.15, -0.1) is 11.3 Å². The van der Waals surface area contributed by atoms with Crippen LogP contribution in [0, 0.1) is 32.1 Å². The SMILES string of the molecule is CCc1c(C)sc(NC(=O)c2cc(-c3ccncc3)nc3c(C)c(C)ccc23)c1C#N. The minimum absolute atomic E-state index is 0.244. The molecule has 3 heterocycles. The maximum absolute atomic E-state index is 13.4. The van der Waals surface area contributed by atoms with Crippen molar-refractivity contribution in [1.82, 2.24) is 9.97 Å². The zero-order valence-electron chi connectivity index (χ0n) is 17.9. The third-order valence-corrected chi connectivity index (χ3v) is 6.69. The molecular weight excluding hydrogens is 404 g/mol. The summed E-state index contributed by atoms with van der Waals surface area (Å²) in [5.41, 5.74) is 6.65. The van der Waals surface area contributed by atoms with Crippen molar-refractivity contribution >= 4 is 33.1 Å². The van der Waals surface area contributed by atoms with Crippen molar-refractivity contribution < 1.29 is 4.79 Å². The van der Waals surface area contributed by atoms with Crippen LogP contribution in [-0.4, -0.2) is 15.9 Å². The van der Waals surface area contributed by atoms with Gasteiger partial charge in [-0.1, -0.05) is 19.1 Å². The number of pyridine rings is 2. The van der Waals surface area contributed by atoms with E-state index in [2.05, 4.69) is 16.4 Å². The zero-order valence-corrected chi connectivity index (χ0v) is 18.7. The van der Waals surface area contributed by atoms with Gasteiger partial charge in [-0.3, -0.25) is 9.78 Å². The minimum atomic E-state index is -0.244. The number of hydrogen-bond acceptors (Lipinski definition) is 5. The molecule has 31 heavy (non-hydrogen) atoms. The van der Waals surface area contributed by atoms with E-state index in [0.717, 1.165) is 44.5 Å². The fourth-order valence-electron chi connectivity index (χ4n) is 3.77. The molecule has 0 fully saturated rings. The van der Waals surface area contributed by atoms with Crippen molar-refractivity contribution in [3.63, 3.8) is 0 Å². The van der Waals surface area contributed by atoms with Crippen LogP contribution in [-0.2, 0) is 6.42 Å². The second-order valence-corrected chi connectivity index (χ2v) is 8.68. The molecule has 4 rings (SSSR count). The van der Waals surface area contributed by atoms with Crippen molar-refractivity contribution in [2.45, 2.75) is 34.1 Å². The van der Waals surface area contributed by atoms with Gasteiger partial charge in [0.1, 0.15) is 11.1 Å². The van der Waals surface area contributed by atoms with Gasteiger partial charge in [0.15, 0.2) is 0 Å². The molecule has 154 valence electrons. The standard InChI is InChI=1S/C25H22N4OS/c1-5-18-16(4)31-25(21(18)13-26)29-24(30)20-12-22(17-8-10-27-11-9-17)28-23-15(3)14(2)6-7-19(20)23/h6-12H,5H2,1-4H3,(H,29,30). The zero-order chi connectivity index (χ0) is 22.1. The van der Waals surface area contributed by atoms with Crippen LogP contribution in [0.15, 0.2) is 42.7 Å². The number of aromatic nitrogens is 2. The Kier molecular flexibility index (Phi) is 5.53. The first-order chi connectivity index (χ1) is 14.9. The summed E-state index contributed by atoms with van der Waals surface area (Å²) in [6.07, 6.45) is 4.18. The van der Waals surface area contributed by atoms with E-state index in [9.17, 15) is 10.1 Å². The van der Waals surface area contributed by atoms with Gasteiger partial charge in [-0.2, -0.15) is 5.26 Å². The van der Waals surface area contributed by atoms with Crippen molar-refractivity contribution in [2.24, 2.45) is 0 Å². The summed E-state index contributed by atoms with van der Waals surface area (Å²) in [4.78, 5) is 23.4. The summed E-state index contributed by atoms with van der Waals surface area (Å²) in [7, 11) is 0. The molecule has 0 spiro atoms. The molecular formula is C25H22N4OS. The highest BCUT2D eigenvalue weighted by Crippen LogP contribution is 2.34. The molecule has 1 amide bonds. The first-order valence-corrected chi connectivity index (χ1v) is 10.9. The average molecular weight is 427 g/mol. The Labute approximate surface area is 185 Å². The highest BCUT2D eigenvalue weighted by molar-refractivity contribution is 7.16. The first-order valence-electron chi connectivity index (χ1n) is 10.1. The summed E-state index contributed by atoms with van der Waals surface area (Å²) in [5.74, 6) is -0.244. The summed E-state index contributed by atoms with van der Waals surface area (Å²) in [6.45, 7) is 8.06. The summed E-state index contributed by atoms with van der Waals surface area (Å²) in [5, 5.41) is 14.0. The van der Waals surface area contributed by atoms with E-state index in [1.165, 1.54) is 11.3 Å². The van der Waals surface area contributed by atoms with Gasteiger partial charge in [-0.05, 0) is 62.1 Å². The first kappa shape index (κ1) is 20.7. The number of nitrogens with zero attached hydrogens (tertiary/aromatic N) is 3. The molecule has 3 aromatic heterocycles. The van der Waals surface area contributed by atoms with Gasteiger partial charge in [-0.25, -0.2) is 4.98 Å². The number of fused-ring (bicyclic) bond motifs is 1. The van der Waals surface area contributed by atoms with E-state index < -0.39 is 0 Å². The lowest BCUT2D eigenvalue weighted by molar-refractivity contribution is 0.102. The van der Waals surface area contributed by atoms with E-state index in [-0.39, 0.29) is 5.91 Å². The number of nitrogens with one attached hydrogen (secondary N) is 1. The molecule has 0 bridgehead atoms. The van der Waals surface area contributed by atoms with Crippen LogP contribution in [0.25, 0.3) is 22.2 Å². The third kappa shape index (κ3) is 3.69. The average Bonchev–Trinajstić information content (AvgIpc) is 3.09. The Bertz CT molecular complexity index is 1350. The van der Waals surface area contributed by atoms with Crippen LogP contribution < -0.4 is 5.32 Å². The molecule has 0 saturated heterocycles. The molecule has 1 N–H and O–H groups in total. The van der Waals surface area contributed by atoms with Gasteiger partial charge >= 0.3 is 0 Å². The van der Waals surface area contributed by atoms with Crippen LogP contribution in [0.5, 0.6) is 0 Å². The van der Waals surface area contributed by atoms with Gasteiger partial charge in [0.25, 0.3) is 5.91 Å². The number of thiophene rings is 1. The lowest BCUT2D eigenvalue weighted by Gasteiger charge is -2.13. The van der Waals surface area contributed by atoms with Crippen molar-refractivity contribution in [1.29, 1.82) is 5.26 Å². The highest BCUT2D eigenvalue weighted by atomic mass is 32.1. The van der Waals surface area contributed by atoms with Gasteiger partial charge in [0, 0.05) is 28.2 Å². The lowest BCUT2D eigenvalue weighted by Crippen LogP contribution is -2.13. The van der Waals surface area contributed by atoms with Crippen LogP contribution >= 0.6 is 11.3 Å². The van der Waals surface area contributed by atoms with E-state index >= 15 is 0 Å². The molecule has 0 atom stereocenters. The monoisotopic (exact) mass is 426 g/mol. The van der Waals surface area contributed by atoms with Gasteiger partial charge < -0.3 is 5.32 Å². The number of hydrogen-bond donors (Lipinski definition) is 1. The molecule has 0 aliphatic carbocycles. The summed E-state index contributed by atoms with van der Waals surface area (Å²) < 4.78 is 0. The molecule has 0 aliphatic heterocycles. The molecule has 5 nitrogen and oxygen atoms in total. The smallest absolute Gasteiger partial charge is 0.257 e. The largest absolute Gasteiger partial charge is 0.312 e. The Morgan fingerprint density at radius 1 is 1.16 bits per heavy atom. The van der Waals surface area contributed by atoms with E-state index in [1.54, 1.807) is 12.4 Å². The van der Waals surface area contributed by atoms with Crippen molar-refractivity contribution in [3.05, 3.63) is 75.4 Å². The number of rotatable bonds is 4. The van der Waals surface area contributed by atoms with E-state index in [4.69, 9.17) is 4.98 Å². The second-order valence-electron chi connectivity index (χ2n) is 7.45. The van der Waals surface area contributed by atoms with Crippen LogP contribution in [0.1, 0.15) is 44.4 Å². The number of nitriles is 1. The Hall–Kier alpha value is -3.56. The Morgan fingerprint density at radius 2 is 1.90 bits per heavy atom. The minimum Gasteiger partial charge on any atom is -0.312 e. The number of aryl methyl sites for hydroxylation is 3. The molecule has 0 radical (unpaired) electrons. The fourth-order valence-corrected chi connectivity index (χ4v) is 4.86. The van der Waals surface area contributed by atoms with E-state index in [1.807, 2.05) is 58.0 Å². The molecule has 1 aromatic carbocycles. The van der Waals surface area contributed by atoms with Crippen LogP contribution in [0.2, 0.25) is 0 Å². The molecule has 0 unspecified atom stereocenters. The van der Waals surface area contributed by atoms with Crippen LogP contribution in [0.4, 0.5) is 5.00 Å². The van der Waals surface area contributed by atoms with Crippen molar-refractivity contribution in [3.8, 4) is 17.3 Å². The van der Waals surface area contributed by atoms with E-state index in [0.29, 0.717) is 21.8 Å². The molecule has 6 heteroatoms. The quantitative estimate of drug-likeness (QED) is 0.436. The lowest BCUT2D eigenvalue weighted by atomic mass is 9.99. The Morgan fingerprint density at radius 3 is 2.58 bits per heavy atom. The number of anilines is 1. The Balaban J connectivity index is 1.88. The maximum atomic E-state index is 13.4. The molecule has 0 saturated carbocycles. The second kappa shape index (κ2) is 8.29. The maximum Gasteiger partial charge on any atom is 0.257 e. The fraction of sp³-hybridized carbons (Fsp3) is 0.200. The third-order valence-electron chi connectivity index (χ3n) is 5.63. The predicted molar refractivity (Wildman–Crippen MR) is 126 cm³/mol. The van der Waals surface area contributed by atoms with Crippen LogP contribution in [0.3, 0.4) is 0 Å². The number of benzene rings is 1. The predicted octanol–water partition coefficient (Wildman–Crippen LogP) is 5.97. The van der Waals surface area contributed by atoms with Gasteiger partial charge in [0.05, 0.1) is 22.3 Å². The molecule has 0 aliphatic rings. The highest BCUT2D eigenvalue weighted by Gasteiger charge is 2.20. The summed E-state index contributed by atoms with van der Waals surface area (Å²) >= 11 is 1.45. The van der Waals surface area contributed by atoms with Crippen molar-refractivity contribution in [2.75, 3.05) is 5.32 Å². The number of carbonyl (C=O) groups is 1. The topological polar surface area (TPSA) is 78.7 Å². The summed E-state index contributed by atoms with van der Waals surface area (Å²) in [6, 6.07) is 11.8. The van der Waals surface area contributed by atoms with Gasteiger partial charge in [0.2, 0.25) is 0 Å². The number of amides is 1.